The highest BCUT2D eigenvalue weighted by Gasteiger charge is 2.05. The van der Waals surface area contributed by atoms with Crippen LogP contribution >= 0.6 is 0 Å². The van der Waals surface area contributed by atoms with Crippen molar-refractivity contribution in [3.8, 4) is 5.75 Å². The van der Waals surface area contributed by atoms with E-state index in [-0.39, 0.29) is 32.7 Å². The summed E-state index contributed by atoms with van der Waals surface area (Å²) in [6, 6.07) is 11.5. The minimum absolute atomic E-state index is 0. The van der Waals surface area contributed by atoms with Gasteiger partial charge in [-0.1, -0.05) is 31.7 Å². The van der Waals surface area contributed by atoms with E-state index in [0.717, 1.165) is 22.1 Å². The molecule has 2 aromatic rings. The van der Waals surface area contributed by atoms with E-state index in [0.29, 0.717) is 0 Å². The van der Waals surface area contributed by atoms with Crippen molar-refractivity contribution in [2.24, 2.45) is 0 Å². The largest absolute Gasteiger partial charge is 0.497 e. The summed E-state index contributed by atoms with van der Waals surface area (Å²) in [6.45, 7) is 0.152. The number of carboxylic acids is 1. The summed E-state index contributed by atoms with van der Waals surface area (Å²) < 4.78 is 5.17. The van der Waals surface area contributed by atoms with Gasteiger partial charge >= 0.3 is 5.97 Å². The Labute approximate surface area is 129 Å². The van der Waals surface area contributed by atoms with Crippen LogP contribution in [0.3, 0.4) is 0 Å². The third kappa shape index (κ3) is 4.77. The lowest BCUT2D eigenvalue weighted by Crippen LogP contribution is -2.27. The fourth-order valence-electron chi connectivity index (χ4n) is 2.07. The van der Waals surface area contributed by atoms with Crippen LogP contribution in [-0.4, -0.2) is 30.6 Å². The smallest absolute Gasteiger partial charge is 0.305 e. The Morgan fingerprint density at radius 2 is 1.82 bits per heavy atom. The second kappa shape index (κ2) is 8.02. The number of carbonyl (C=O) groups excluding carboxylic acids is 1. The van der Waals surface area contributed by atoms with Crippen molar-refractivity contribution in [2.75, 3.05) is 13.7 Å². The standard InChI is InChI=1S/C16H17NO4.CH4/c1-21-14-5-4-12-8-11(2-3-13(12)10-14)9-15(18)17-7-6-16(19)20;/h2-5,8,10H,6-7,9H2,1H3,(H,17,18)(H,19,20);1H4. The number of rotatable bonds is 6. The monoisotopic (exact) mass is 303 g/mol. The number of nitrogens with one attached hydrogen (secondary N) is 1. The van der Waals surface area contributed by atoms with Crippen molar-refractivity contribution in [3.05, 3.63) is 42.0 Å². The average Bonchev–Trinajstić information content (AvgIpc) is 2.46. The Balaban J connectivity index is 0.00000242. The lowest BCUT2D eigenvalue weighted by Gasteiger charge is -2.06. The quantitative estimate of drug-likeness (QED) is 0.860. The predicted octanol–water partition coefficient (Wildman–Crippen LogP) is 2.62. The van der Waals surface area contributed by atoms with Gasteiger partial charge in [-0.25, -0.2) is 0 Å². The molecule has 0 unspecified atom stereocenters. The van der Waals surface area contributed by atoms with Crippen LogP contribution in [0.5, 0.6) is 5.75 Å². The lowest BCUT2D eigenvalue weighted by molar-refractivity contribution is -0.136. The first-order chi connectivity index (χ1) is 10.1. The molecule has 0 heterocycles. The van der Waals surface area contributed by atoms with Gasteiger partial charge in [0.25, 0.3) is 0 Å². The molecule has 2 aromatic carbocycles. The second-order valence-electron chi connectivity index (χ2n) is 4.72. The van der Waals surface area contributed by atoms with Gasteiger partial charge in [-0.05, 0) is 28.5 Å². The zero-order valence-electron chi connectivity index (χ0n) is 11.8. The van der Waals surface area contributed by atoms with Gasteiger partial charge < -0.3 is 15.2 Å². The fraction of sp³-hybridized carbons (Fsp3) is 0.294. The Hall–Kier alpha value is -2.56. The molecule has 0 radical (unpaired) electrons. The van der Waals surface area contributed by atoms with Gasteiger partial charge in [0.05, 0.1) is 20.0 Å². The van der Waals surface area contributed by atoms with Crippen LogP contribution in [0, 0.1) is 0 Å². The minimum atomic E-state index is -0.921. The van der Waals surface area contributed by atoms with Crippen LogP contribution in [0.1, 0.15) is 19.4 Å². The molecule has 0 fully saturated rings. The highest BCUT2D eigenvalue weighted by Crippen LogP contribution is 2.22. The van der Waals surface area contributed by atoms with Gasteiger partial charge in [0, 0.05) is 6.54 Å². The Morgan fingerprint density at radius 3 is 2.50 bits per heavy atom. The Kier molecular flexibility index (Phi) is 6.38. The fourth-order valence-corrected chi connectivity index (χ4v) is 2.07. The summed E-state index contributed by atoms with van der Waals surface area (Å²) >= 11 is 0. The molecule has 2 rings (SSSR count). The third-order valence-electron chi connectivity index (χ3n) is 3.14. The van der Waals surface area contributed by atoms with Crippen LogP contribution in [0.25, 0.3) is 10.8 Å². The molecule has 0 saturated heterocycles. The van der Waals surface area contributed by atoms with Crippen LogP contribution in [0.2, 0.25) is 0 Å². The number of carboxylic acid groups (broad SMARTS) is 1. The number of aliphatic carboxylic acids is 1. The van der Waals surface area contributed by atoms with Gasteiger partial charge in [-0.15, -0.1) is 0 Å². The van der Waals surface area contributed by atoms with Crippen molar-refractivity contribution in [2.45, 2.75) is 20.3 Å². The van der Waals surface area contributed by atoms with Crippen molar-refractivity contribution < 1.29 is 19.4 Å². The van der Waals surface area contributed by atoms with Crippen molar-refractivity contribution in [3.63, 3.8) is 0 Å². The molecule has 0 bridgehead atoms. The van der Waals surface area contributed by atoms with Crippen molar-refractivity contribution in [1.29, 1.82) is 0 Å². The molecule has 2 N–H and O–H groups in total. The topological polar surface area (TPSA) is 75.6 Å². The second-order valence-corrected chi connectivity index (χ2v) is 4.72. The van der Waals surface area contributed by atoms with E-state index >= 15 is 0 Å². The summed E-state index contributed by atoms with van der Waals surface area (Å²) in [7, 11) is 1.62. The van der Waals surface area contributed by atoms with Gasteiger partial charge in [0.15, 0.2) is 0 Å². The lowest BCUT2D eigenvalue weighted by atomic mass is 10.0. The first kappa shape index (κ1) is 17.5. The maximum atomic E-state index is 11.7. The van der Waals surface area contributed by atoms with Crippen LogP contribution in [0.15, 0.2) is 36.4 Å². The number of hydrogen-bond donors (Lipinski definition) is 2. The number of hydrogen-bond acceptors (Lipinski definition) is 3. The van der Waals surface area contributed by atoms with E-state index in [2.05, 4.69) is 5.32 Å². The zero-order chi connectivity index (χ0) is 15.2. The van der Waals surface area contributed by atoms with Crippen LogP contribution < -0.4 is 10.1 Å². The molecule has 0 saturated carbocycles. The van der Waals surface area contributed by atoms with E-state index in [9.17, 15) is 9.59 Å². The predicted molar refractivity (Wildman–Crippen MR) is 86.2 cm³/mol. The molecule has 0 aliphatic heterocycles. The van der Waals surface area contributed by atoms with E-state index < -0.39 is 5.97 Å². The van der Waals surface area contributed by atoms with Crippen molar-refractivity contribution in [1.82, 2.24) is 5.32 Å². The van der Waals surface area contributed by atoms with E-state index in [1.54, 1.807) is 7.11 Å². The molecule has 0 spiro atoms. The van der Waals surface area contributed by atoms with Crippen LogP contribution in [-0.2, 0) is 16.0 Å². The molecule has 22 heavy (non-hydrogen) atoms. The number of carbonyl (C=O) groups is 2. The molecule has 5 heteroatoms. The molecule has 0 atom stereocenters. The molecule has 118 valence electrons. The van der Waals surface area contributed by atoms with Crippen molar-refractivity contribution >= 4 is 22.6 Å². The van der Waals surface area contributed by atoms with E-state index in [4.69, 9.17) is 9.84 Å². The normalized spacial score (nSPS) is 9.86. The number of benzene rings is 2. The van der Waals surface area contributed by atoms with Gasteiger partial charge in [-0.2, -0.15) is 0 Å². The number of ether oxygens (including phenoxy) is 1. The average molecular weight is 303 g/mol. The van der Waals surface area contributed by atoms with E-state index in [1.165, 1.54) is 0 Å². The summed E-state index contributed by atoms with van der Waals surface area (Å²) in [5, 5.41) is 13.2. The molecular formula is C17H21NO4. The minimum Gasteiger partial charge on any atom is -0.497 e. The Morgan fingerprint density at radius 1 is 1.14 bits per heavy atom. The molecule has 0 aliphatic carbocycles. The molecule has 0 aromatic heterocycles. The van der Waals surface area contributed by atoms with Crippen LogP contribution in [0.4, 0.5) is 0 Å². The summed E-state index contributed by atoms with van der Waals surface area (Å²) in [5.74, 6) is -0.305. The maximum absolute atomic E-state index is 11.7. The third-order valence-corrected chi connectivity index (χ3v) is 3.14. The van der Waals surface area contributed by atoms with Gasteiger partial charge in [0.1, 0.15) is 5.75 Å². The first-order valence-electron chi connectivity index (χ1n) is 6.63. The number of amides is 1. The molecule has 5 nitrogen and oxygen atoms in total. The zero-order valence-corrected chi connectivity index (χ0v) is 11.8. The maximum Gasteiger partial charge on any atom is 0.305 e. The SMILES string of the molecule is C.COc1ccc2cc(CC(=O)NCCC(=O)O)ccc2c1. The summed E-state index contributed by atoms with van der Waals surface area (Å²) in [5.41, 5.74) is 0.889. The highest BCUT2D eigenvalue weighted by molar-refractivity contribution is 5.86. The Bertz CT molecular complexity index is 667. The number of fused-ring (bicyclic) bond motifs is 1. The molecular weight excluding hydrogens is 282 g/mol. The molecule has 1 amide bonds. The van der Waals surface area contributed by atoms with Gasteiger partial charge in [0.2, 0.25) is 5.91 Å². The first-order valence-corrected chi connectivity index (χ1v) is 6.63. The van der Waals surface area contributed by atoms with E-state index in [1.807, 2.05) is 36.4 Å². The highest BCUT2D eigenvalue weighted by atomic mass is 16.5. The number of methoxy groups -OCH3 is 1. The van der Waals surface area contributed by atoms with Gasteiger partial charge in [-0.3, -0.25) is 9.59 Å². The molecule has 0 aliphatic rings. The summed E-state index contributed by atoms with van der Waals surface area (Å²) in [4.78, 5) is 22.1. The summed E-state index contributed by atoms with van der Waals surface area (Å²) in [6.07, 6.45) is 0.171.